The Kier molecular flexibility index (Phi) is 4.58. The minimum Gasteiger partial charge on any atom is -0.467 e. The number of hydrogen-bond donors (Lipinski definition) is 1. The third-order valence-corrected chi connectivity index (χ3v) is 4.35. The molecule has 5 heteroatoms. The molecule has 0 radical (unpaired) electrons. The van der Waals surface area contributed by atoms with Gasteiger partial charge in [-0.15, -0.1) is 0 Å². The monoisotopic (exact) mass is 359 g/mol. The summed E-state index contributed by atoms with van der Waals surface area (Å²) in [5.74, 6) is -0.268. The van der Waals surface area contributed by atoms with Crippen molar-refractivity contribution in [2.24, 2.45) is 0 Å². The van der Waals surface area contributed by atoms with Gasteiger partial charge in [-0.05, 0) is 39.7 Å². The van der Waals surface area contributed by atoms with Crippen LogP contribution in [0.2, 0.25) is 0 Å². The average molecular weight is 359 g/mol. The standard InChI is InChI=1S/C22H17NO4/c24-20(23-13-17-8-5-11-26-17)14-27-22(25)21-18-9-3-1-6-15(18)12-16-7-2-4-10-19(16)21/h1-12H,13-14H2,(H,23,24). The van der Waals surface area contributed by atoms with Crippen molar-refractivity contribution in [3.05, 3.63) is 84.3 Å². The first kappa shape index (κ1) is 16.8. The summed E-state index contributed by atoms with van der Waals surface area (Å²) < 4.78 is 10.4. The van der Waals surface area contributed by atoms with Crippen LogP contribution in [0, 0.1) is 0 Å². The van der Waals surface area contributed by atoms with Gasteiger partial charge < -0.3 is 14.5 Å². The second kappa shape index (κ2) is 7.33. The van der Waals surface area contributed by atoms with Crippen LogP contribution in [0.15, 0.2) is 77.4 Å². The van der Waals surface area contributed by atoms with Crippen molar-refractivity contribution in [2.45, 2.75) is 6.54 Å². The number of carbonyl (C=O) groups excluding carboxylic acids is 2. The summed E-state index contributed by atoms with van der Waals surface area (Å²) in [7, 11) is 0. The van der Waals surface area contributed by atoms with Crippen LogP contribution in [0.1, 0.15) is 16.1 Å². The summed E-state index contributed by atoms with van der Waals surface area (Å²) in [6.07, 6.45) is 1.53. The van der Waals surface area contributed by atoms with E-state index in [2.05, 4.69) is 5.32 Å². The lowest BCUT2D eigenvalue weighted by molar-refractivity contribution is -0.124. The molecule has 4 rings (SSSR count). The van der Waals surface area contributed by atoms with Crippen LogP contribution in [0.5, 0.6) is 0 Å². The zero-order valence-electron chi connectivity index (χ0n) is 14.5. The van der Waals surface area contributed by atoms with E-state index in [9.17, 15) is 9.59 Å². The number of rotatable bonds is 5. The molecule has 0 unspecified atom stereocenters. The fourth-order valence-corrected chi connectivity index (χ4v) is 3.09. The Morgan fingerprint density at radius 3 is 2.19 bits per heavy atom. The summed E-state index contributed by atoms with van der Waals surface area (Å²) in [5.41, 5.74) is 0.475. The molecule has 27 heavy (non-hydrogen) atoms. The van der Waals surface area contributed by atoms with Gasteiger partial charge in [-0.25, -0.2) is 4.79 Å². The van der Waals surface area contributed by atoms with Gasteiger partial charge in [0.1, 0.15) is 5.76 Å². The average Bonchev–Trinajstić information content (AvgIpc) is 3.22. The van der Waals surface area contributed by atoms with Crippen LogP contribution in [0.25, 0.3) is 21.5 Å². The maximum Gasteiger partial charge on any atom is 0.339 e. The first-order valence-electron chi connectivity index (χ1n) is 8.59. The van der Waals surface area contributed by atoms with Crippen LogP contribution in [0.4, 0.5) is 0 Å². The van der Waals surface area contributed by atoms with Crippen molar-refractivity contribution < 1.29 is 18.7 Å². The first-order valence-corrected chi connectivity index (χ1v) is 8.59. The Bertz CT molecular complexity index is 1060. The predicted molar refractivity (Wildman–Crippen MR) is 102 cm³/mol. The molecule has 1 heterocycles. The lowest BCUT2D eigenvalue weighted by Gasteiger charge is -2.11. The van der Waals surface area contributed by atoms with Crippen molar-refractivity contribution in [1.29, 1.82) is 0 Å². The maximum absolute atomic E-state index is 12.8. The first-order chi connectivity index (χ1) is 13.2. The lowest BCUT2D eigenvalue weighted by Crippen LogP contribution is -2.28. The smallest absolute Gasteiger partial charge is 0.339 e. The van der Waals surface area contributed by atoms with Crippen LogP contribution in [-0.4, -0.2) is 18.5 Å². The Morgan fingerprint density at radius 2 is 1.56 bits per heavy atom. The topological polar surface area (TPSA) is 68.5 Å². The number of hydrogen-bond acceptors (Lipinski definition) is 4. The molecule has 4 aromatic rings. The fraction of sp³-hybridized carbons (Fsp3) is 0.0909. The minimum atomic E-state index is -0.517. The van der Waals surface area contributed by atoms with Gasteiger partial charge in [0, 0.05) is 0 Å². The number of amides is 1. The van der Waals surface area contributed by atoms with Gasteiger partial charge >= 0.3 is 5.97 Å². The SMILES string of the molecule is O=C(COC(=O)c1c2ccccc2cc2ccccc12)NCc1ccco1. The molecule has 0 aliphatic rings. The van der Waals surface area contributed by atoms with E-state index in [-0.39, 0.29) is 19.1 Å². The highest BCUT2D eigenvalue weighted by Gasteiger charge is 2.17. The highest BCUT2D eigenvalue weighted by atomic mass is 16.5. The van der Waals surface area contributed by atoms with Gasteiger partial charge in [0.2, 0.25) is 0 Å². The summed E-state index contributed by atoms with van der Waals surface area (Å²) >= 11 is 0. The fourth-order valence-electron chi connectivity index (χ4n) is 3.09. The van der Waals surface area contributed by atoms with Gasteiger partial charge in [0.15, 0.2) is 6.61 Å². The zero-order chi connectivity index (χ0) is 18.6. The molecule has 0 bridgehead atoms. The molecule has 134 valence electrons. The van der Waals surface area contributed by atoms with Gasteiger partial charge in [-0.2, -0.15) is 0 Å². The number of carbonyl (C=O) groups is 2. The van der Waals surface area contributed by atoms with Crippen molar-refractivity contribution >= 4 is 33.4 Å². The van der Waals surface area contributed by atoms with E-state index in [1.807, 2.05) is 54.6 Å². The normalized spacial score (nSPS) is 10.8. The predicted octanol–water partition coefficient (Wildman–Crippen LogP) is 4.06. The molecule has 0 aliphatic heterocycles. The van der Waals surface area contributed by atoms with Crippen LogP contribution in [0.3, 0.4) is 0 Å². The van der Waals surface area contributed by atoms with E-state index < -0.39 is 5.97 Å². The highest BCUT2D eigenvalue weighted by molar-refractivity contribution is 6.16. The van der Waals surface area contributed by atoms with E-state index >= 15 is 0 Å². The van der Waals surface area contributed by atoms with E-state index in [0.29, 0.717) is 11.3 Å². The molecule has 0 fully saturated rings. The summed E-state index contributed by atoms with van der Waals surface area (Å²) in [6, 6.07) is 20.8. The van der Waals surface area contributed by atoms with Gasteiger partial charge in [-0.3, -0.25) is 4.79 Å². The quantitative estimate of drug-likeness (QED) is 0.431. The molecule has 0 saturated carbocycles. The molecule has 1 aromatic heterocycles. The Morgan fingerprint density at radius 1 is 0.889 bits per heavy atom. The number of fused-ring (bicyclic) bond motifs is 2. The zero-order valence-corrected chi connectivity index (χ0v) is 14.5. The molecular weight excluding hydrogens is 342 g/mol. The summed E-state index contributed by atoms with van der Waals surface area (Å²) in [6.45, 7) is -0.0995. The number of benzene rings is 3. The lowest BCUT2D eigenvalue weighted by atomic mass is 9.97. The van der Waals surface area contributed by atoms with Gasteiger partial charge in [0.25, 0.3) is 5.91 Å². The number of esters is 1. The molecule has 5 nitrogen and oxygen atoms in total. The second-order valence-corrected chi connectivity index (χ2v) is 6.13. The van der Waals surface area contributed by atoms with Crippen molar-refractivity contribution in [1.82, 2.24) is 5.32 Å². The number of nitrogens with one attached hydrogen (secondary N) is 1. The molecule has 1 N–H and O–H groups in total. The van der Waals surface area contributed by atoms with Gasteiger partial charge in [-0.1, -0.05) is 48.5 Å². The Labute approximate surface area is 155 Å². The molecule has 0 aliphatic carbocycles. The van der Waals surface area contributed by atoms with Gasteiger partial charge in [0.05, 0.1) is 18.4 Å². The number of ether oxygens (including phenoxy) is 1. The largest absolute Gasteiger partial charge is 0.467 e. The number of furan rings is 1. The van der Waals surface area contributed by atoms with Crippen LogP contribution >= 0.6 is 0 Å². The van der Waals surface area contributed by atoms with E-state index in [0.717, 1.165) is 21.5 Å². The molecule has 0 saturated heterocycles. The Hall–Kier alpha value is -3.60. The minimum absolute atomic E-state index is 0.251. The van der Waals surface area contributed by atoms with E-state index in [4.69, 9.17) is 9.15 Å². The van der Waals surface area contributed by atoms with E-state index in [1.54, 1.807) is 12.1 Å². The molecular formula is C22H17NO4. The maximum atomic E-state index is 12.8. The molecule has 0 spiro atoms. The third kappa shape index (κ3) is 3.53. The second-order valence-electron chi connectivity index (χ2n) is 6.13. The summed E-state index contributed by atoms with van der Waals surface area (Å²) in [5, 5.41) is 6.16. The van der Waals surface area contributed by atoms with E-state index in [1.165, 1.54) is 6.26 Å². The van der Waals surface area contributed by atoms with Crippen molar-refractivity contribution in [2.75, 3.05) is 6.61 Å². The molecule has 3 aromatic carbocycles. The Balaban J connectivity index is 1.55. The third-order valence-electron chi connectivity index (χ3n) is 4.35. The van der Waals surface area contributed by atoms with Crippen molar-refractivity contribution in [3.63, 3.8) is 0 Å². The summed E-state index contributed by atoms with van der Waals surface area (Å²) in [4.78, 5) is 24.8. The van der Waals surface area contributed by atoms with Crippen molar-refractivity contribution in [3.8, 4) is 0 Å². The molecule has 1 amide bonds. The van der Waals surface area contributed by atoms with Crippen LogP contribution < -0.4 is 5.32 Å². The molecule has 0 atom stereocenters. The van der Waals surface area contributed by atoms with Crippen LogP contribution in [-0.2, 0) is 16.1 Å². The highest BCUT2D eigenvalue weighted by Crippen LogP contribution is 2.29.